The number of carbonyl (C=O) groups is 2. The third kappa shape index (κ3) is 4.28. The van der Waals surface area contributed by atoms with Crippen LogP contribution in [0.5, 0.6) is 0 Å². The highest BCUT2D eigenvalue weighted by Gasteiger charge is 2.21. The Morgan fingerprint density at radius 2 is 2.00 bits per heavy atom. The van der Waals surface area contributed by atoms with Gasteiger partial charge in [0.1, 0.15) is 11.9 Å². The van der Waals surface area contributed by atoms with Crippen LogP contribution in [0.15, 0.2) is 42.6 Å². The van der Waals surface area contributed by atoms with E-state index in [0.717, 1.165) is 24.3 Å². The molecule has 6 nitrogen and oxygen atoms in total. The zero-order valence-corrected chi connectivity index (χ0v) is 14.6. The number of benzene rings is 1. The average Bonchev–Trinajstić information content (AvgIpc) is 3.03. The van der Waals surface area contributed by atoms with Crippen molar-refractivity contribution >= 4 is 40.6 Å². The summed E-state index contributed by atoms with van der Waals surface area (Å²) in [6.45, 7) is 2.53. The monoisotopic (exact) mass is 358 g/mol. The van der Waals surface area contributed by atoms with Crippen LogP contribution in [0.4, 0.5) is 17.2 Å². The minimum Gasteiger partial charge on any atom is -0.374 e. The molecule has 2 aromatic rings. The van der Waals surface area contributed by atoms with Crippen molar-refractivity contribution in [3.8, 4) is 0 Å². The number of nitrogens with zero attached hydrogens (tertiary/aromatic N) is 2. The van der Waals surface area contributed by atoms with Gasteiger partial charge in [0.2, 0.25) is 11.8 Å². The SMILES string of the molecule is C[C@H](Nc1ccc(N2CCCC2=O)cc1)C(=O)Nc1ccc(Cl)cn1. The number of pyridine rings is 1. The van der Waals surface area contributed by atoms with Crippen LogP contribution in [-0.2, 0) is 9.59 Å². The summed E-state index contributed by atoms with van der Waals surface area (Å²) in [7, 11) is 0. The first kappa shape index (κ1) is 17.2. The largest absolute Gasteiger partial charge is 0.374 e. The molecule has 2 N–H and O–H groups in total. The zero-order chi connectivity index (χ0) is 17.8. The molecule has 1 aromatic carbocycles. The van der Waals surface area contributed by atoms with Crippen molar-refractivity contribution in [2.75, 3.05) is 22.1 Å². The molecule has 1 aromatic heterocycles. The first-order valence-corrected chi connectivity index (χ1v) is 8.50. The molecule has 2 heterocycles. The van der Waals surface area contributed by atoms with E-state index < -0.39 is 6.04 Å². The Morgan fingerprint density at radius 1 is 1.24 bits per heavy atom. The van der Waals surface area contributed by atoms with Crippen molar-refractivity contribution < 1.29 is 9.59 Å². The van der Waals surface area contributed by atoms with Crippen molar-refractivity contribution in [1.29, 1.82) is 0 Å². The van der Waals surface area contributed by atoms with E-state index in [1.165, 1.54) is 6.20 Å². The van der Waals surface area contributed by atoms with Crippen molar-refractivity contribution in [2.45, 2.75) is 25.8 Å². The highest BCUT2D eigenvalue weighted by Crippen LogP contribution is 2.23. The van der Waals surface area contributed by atoms with E-state index in [4.69, 9.17) is 11.6 Å². The molecule has 25 heavy (non-hydrogen) atoms. The molecule has 0 unspecified atom stereocenters. The molecule has 1 aliphatic rings. The number of hydrogen-bond acceptors (Lipinski definition) is 4. The fraction of sp³-hybridized carbons (Fsp3) is 0.278. The molecular formula is C18H19ClN4O2. The Bertz CT molecular complexity index is 762. The van der Waals surface area contributed by atoms with E-state index in [1.54, 1.807) is 24.0 Å². The van der Waals surface area contributed by atoms with Crippen molar-refractivity contribution in [3.05, 3.63) is 47.6 Å². The molecule has 2 amide bonds. The van der Waals surface area contributed by atoms with Crippen LogP contribution >= 0.6 is 11.6 Å². The summed E-state index contributed by atoms with van der Waals surface area (Å²) in [4.78, 5) is 29.8. The van der Waals surface area contributed by atoms with E-state index in [9.17, 15) is 9.59 Å². The summed E-state index contributed by atoms with van der Waals surface area (Å²) in [5, 5.41) is 6.37. The number of aromatic nitrogens is 1. The van der Waals surface area contributed by atoms with Crippen molar-refractivity contribution in [2.24, 2.45) is 0 Å². The van der Waals surface area contributed by atoms with Crippen LogP contribution in [0.25, 0.3) is 0 Å². The van der Waals surface area contributed by atoms with Crippen LogP contribution in [-0.4, -0.2) is 29.4 Å². The van der Waals surface area contributed by atoms with Crippen LogP contribution in [0.1, 0.15) is 19.8 Å². The number of anilines is 3. The van der Waals surface area contributed by atoms with Gasteiger partial charge in [-0.25, -0.2) is 4.98 Å². The predicted octanol–water partition coefficient (Wildman–Crippen LogP) is 3.30. The molecule has 3 rings (SSSR count). The van der Waals surface area contributed by atoms with E-state index in [1.807, 2.05) is 24.3 Å². The maximum absolute atomic E-state index is 12.2. The molecule has 0 aliphatic carbocycles. The number of halogens is 1. The Balaban J connectivity index is 1.58. The third-order valence-electron chi connectivity index (χ3n) is 4.01. The van der Waals surface area contributed by atoms with Crippen molar-refractivity contribution in [3.63, 3.8) is 0 Å². The van der Waals surface area contributed by atoms with Gasteiger partial charge >= 0.3 is 0 Å². The summed E-state index contributed by atoms with van der Waals surface area (Å²) in [5.74, 6) is 0.406. The molecule has 1 aliphatic heterocycles. The summed E-state index contributed by atoms with van der Waals surface area (Å²) >= 11 is 5.77. The van der Waals surface area contributed by atoms with Gasteiger partial charge in [0.15, 0.2) is 0 Å². The van der Waals surface area contributed by atoms with Crippen LogP contribution in [0.3, 0.4) is 0 Å². The fourth-order valence-electron chi connectivity index (χ4n) is 2.66. The third-order valence-corrected chi connectivity index (χ3v) is 4.23. The molecule has 0 spiro atoms. The molecule has 0 saturated carbocycles. The van der Waals surface area contributed by atoms with E-state index in [2.05, 4.69) is 15.6 Å². The molecule has 1 fully saturated rings. The quantitative estimate of drug-likeness (QED) is 0.860. The highest BCUT2D eigenvalue weighted by molar-refractivity contribution is 6.30. The summed E-state index contributed by atoms with van der Waals surface area (Å²) in [5.41, 5.74) is 1.69. The highest BCUT2D eigenvalue weighted by atomic mass is 35.5. The normalized spacial score (nSPS) is 15.1. The summed E-state index contributed by atoms with van der Waals surface area (Å²) in [6.07, 6.45) is 2.98. The second-order valence-electron chi connectivity index (χ2n) is 5.91. The predicted molar refractivity (Wildman–Crippen MR) is 99.0 cm³/mol. The van der Waals surface area contributed by atoms with Crippen LogP contribution < -0.4 is 15.5 Å². The van der Waals surface area contributed by atoms with Crippen LogP contribution in [0.2, 0.25) is 5.02 Å². The Labute approximate surface area is 151 Å². The second-order valence-corrected chi connectivity index (χ2v) is 6.35. The van der Waals surface area contributed by atoms with Crippen LogP contribution in [0, 0.1) is 0 Å². The van der Waals surface area contributed by atoms with Gasteiger partial charge in [-0.1, -0.05) is 11.6 Å². The van der Waals surface area contributed by atoms with E-state index in [-0.39, 0.29) is 11.8 Å². The lowest BCUT2D eigenvalue weighted by Gasteiger charge is -2.18. The first-order chi connectivity index (χ1) is 12.0. The molecular weight excluding hydrogens is 340 g/mol. The van der Waals surface area contributed by atoms with Gasteiger partial charge in [-0.3, -0.25) is 9.59 Å². The molecule has 0 radical (unpaired) electrons. The Morgan fingerprint density at radius 3 is 2.60 bits per heavy atom. The topological polar surface area (TPSA) is 74.3 Å². The Hall–Kier alpha value is -2.60. The molecule has 0 bridgehead atoms. The maximum atomic E-state index is 12.2. The zero-order valence-electron chi connectivity index (χ0n) is 13.8. The standard InChI is InChI=1S/C18H19ClN4O2/c1-12(18(25)22-16-9-4-13(19)11-20-16)21-14-5-7-15(8-6-14)23-10-2-3-17(23)24/h4-9,11-12,21H,2-3,10H2,1H3,(H,20,22,25)/t12-/m0/s1. The maximum Gasteiger partial charge on any atom is 0.247 e. The van der Waals surface area contributed by atoms with Gasteiger partial charge in [-0.05, 0) is 49.7 Å². The number of carbonyl (C=O) groups excluding carboxylic acids is 2. The lowest BCUT2D eigenvalue weighted by atomic mass is 10.2. The minimum absolute atomic E-state index is 0.156. The fourth-order valence-corrected chi connectivity index (χ4v) is 2.77. The average molecular weight is 359 g/mol. The van der Waals surface area contributed by atoms with Gasteiger partial charge in [-0.2, -0.15) is 0 Å². The second kappa shape index (κ2) is 7.53. The number of rotatable bonds is 5. The number of amides is 2. The summed E-state index contributed by atoms with van der Waals surface area (Å²) in [6, 6.07) is 10.4. The molecule has 7 heteroatoms. The van der Waals surface area contributed by atoms with E-state index in [0.29, 0.717) is 17.3 Å². The number of hydrogen-bond donors (Lipinski definition) is 2. The van der Waals surface area contributed by atoms with Gasteiger partial charge in [-0.15, -0.1) is 0 Å². The first-order valence-electron chi connectivity index (χ1n) is 8.12. The lowest BCUT2D eigenvalue weighted by molar-refractivity contribution is -0.117. The Kier molecular flexibility index (Phi) is 5.19. The molecule has 1 atom stereocenters. The van der Waals surface area contributed by atoms with Gasteiger partial charge in [0.25, 0.3) is 0 Å². The summed E-state index contributed by atoms with van der Waals surface area (Å²) < 4.78 is 0. The van der Waals surface area contributed by atoms with Crippen molar-refractivity contribution in [1.82, 2.24) is 4.98 Å². The smallest absolute Gasteiger partial charge is 0.247 e. The number of nitrogens with one attached hydrogen (secondary N) is 2. The molecule has 130 valence electrons. The van der Waals surface area contributed by atoms with Gasteiger partial charge < -0.3 is 15.5 Å². The lowest BCUT2D eigenvalue weighted by Crippen LogP contribution is -2.32. The minimum atomic E-state index is -0.447. The molecule has 1 saturated heterocycles. The van der Waals surface area contributed by atoms with Gasteiger partial charge in [0.05, 0.1) is 5.02 Å². The van der Waals surface area contributed by atoms with Gasteiger partial charge in [0, 0.05) is 30.5 Å². The van der Waals surface area contributed by atoms with E-state index >= 15 is 0 Å².